The Hall–Kier alpha value is -2.04. The fourth-order valence-corrected chi connectivity index (χ4v) is 2.94. The SMILES string of the molecule is CCCCCc1ccc(Oc2ccc(CCCCC)c(F)c2F)c(F)c1F. The fourth-order valence-electron chi connectivity index (χ4n) is 2.94. The van der Waals surface area contributed by atoms with Crippen LogP contribution in [-0.2, 0) is 12.8 Å². The second kappa shape index (κ2) is 10.3. The highest BCUT2D eigenvalue weighted by Crippen LogP contribution is 2.32. The quantitative estimate of drug-likeness (QED) is 0.305. The maximum absolute atomic E-state index is 14.3. The second-order valence-corrected chi connectivity index (χ2v) is 6.72. The molecule has 27 heavy (non-hydrogen) atoms. The molecule has 0 aromatic heterocycles. The number of hydrogen-bond acceptors (Lipinski definition) is 1. The molecule has 148 valence electrons. The minimum Gasteiger partial charge on any atom is -0.451 e. The molecule has 2 aromatic rings. The Bertz CT molecular complexity index is 695. The predicted octanol–water partition coefficient (Wildman–Crippen LogP) is 7.50. The molecule has 5 heteroatoms. The van der Waals surface area contributed by atoms with Gasteiger partial charge in [0.1, 0.15) is 0 Å². The van der Waals surface area contributed by atoms with Crippen LogP contribution in [0.4, 0.5) is 17.6 Å². The lowest BCUT2D eigenvalue weighted by Gasteiger charge is -2.12. The Kier molecular flexibility index (Phi) is 8.14. The van der Waals surface area contributed by atoms with Crippen molar-refractivity contribution >= 4 is 0 Å². The lowest BCUT2D eigenvalue weighted by molar-refractivity contribution is 0.381. The molecule has 1 nitrogen and oxygen atoms in total. The largest absolute Gasteiger partial charge is 0.451 e. The highest BCUT2D eigenvalue weighted by molar-refractivity contribution is 5.38. The van der Waals surface area contributed by atoms with Gasteiger partial charge in [0.05, 0.1) is 0 Å². The van der Waals surface area contributed by atoms with E-state index >= 15 is 0 Å². The van der Waals surface area contributed by atoms with Crippen LogP contribution < -0.4 is 4.74 Å². The van der Waals surface area contributed by atoms with Gasteiger partial charge in [0.25, 0.3) is 0 Å². The molecule has 0 saturated heterocycles. The molecule has 0 atom stereocenters. The Morgan fingerprint density at radius 2 is 1.00 bits per heavy atom. The first-order chi connectivity index (χ1) is 13.0. The third kappa shape index (κ3) is 5.47. The van der Waals surface area contributed by atoms with Crippen LogP contribution in [0.2, 0.25) is 0 Å². The number of halogens is 4. The molecule has 0 amide bonds. The molecule has 0 spiro atoms. The van der Waals surface area contributed by atoms with Gasteiger partial charge in [-0.05, 0) is 48.9 Å². The zero-order valence-electron chi connectivity index (χ0n) is 15.9. The number of benzene rings is 2. The van der Waals surface area contributed by atoms with E-state index in [1.54, 1.807) is 0 Å². The van der Waals surface area contributed by atoms with Crippen molar-refractivity contribution in [3.05, 3.63) is 58.7 Å². The molecule has 0 N–H and O–H groups in total. The van der Waals surface area contributed by atoms with Gasteiger partial charge >= 0.3 is 0 Å². The summed E-state index contributed by atoms with van der Waals surface area (Å²) in [6.45, 7) is 4.05. The second-order valence-electron chi connectivity index (χ2n) is 6.72. The Morgan fingerprint density at radius 1 is 0.593 bits per heavy atom. The van der Waals surface area contributed by atoms with E-state index < -0.39 is 34.8 Å². The van der Waals surface area contributed by atoms with E-state index in [1.165, 1.54) is 24.3 Å². The maximum atomic E-state index is 14.3. The molecular weight excluding hydrogens is 356 g/mol. The van der Waals surface area contributed by atoms with E-state index in [-0.39, 0.29) is 11.1 Å². The summed E-state index contributed by atoms with van der Waals surface area (Å²) in [5, 5.41) is 0. The van der Waals surface area contributed by atoms with Crippen LogP contribution >= 0.6 is 0 Å². The molecule has 0 aliphatic heterocycles. The van der Waals surface area contributed by atoms with Gasteiger partial charge < -0.3 is 4.74 Å². The molecule has 0 radical (unpaired) electrons. The van der Waals surface area contributed by atoms with Crippen molar-refractivity contribution < 1.29 is 22.3 Å². The van der Waals surface area contributed by atoms with Gasteiger partial charge in [-0.15, -0.1) is 0 Å². The first-order valence-corrected chi connectivity index (χ1v) is 9.61. The van der Waals surface area contributed by atoms with Crippen LogP contribution in [-0.4, -0.2) is 0 Å². The van der Waals surface area contributed by atoms with Crippen molar-refractivity contribution in [1.29, 1.82) is 0 Å². The monoisotopic (exact) mass is 382 g/mol. The summed E-state index contributed by atoms with van der Waals surface area (Å²) < 4.78 is 62.0. The Labute approximate surface area is 158 Å². The molecule has 0 unspecified atom stereocenters. The maximum Gasteiger partial charge on any atom is 0.201 e. The van der Waals surface area contributed by atoms with Gasteiger partial charge in [-0.2, -0.15) is 8.78 Å². The van der Waals surface area contributed by atoms with E-state index in [0.717, 1.165) is 38.5 Å². The lowest BCUT2D eigenvalue weighted by Crippen LogP contribution is -2.01. The van der Waals surface area contributed by atoms with Crippen molar-refractivity contribution in [2.45, 2.75) is 65.2 Å². The third-order valence-electron chi connectivity index (χ3n) is 4.57. The highest BCUT2D eigenvalue weighted by Gasteiger charge is 2.19. The molecule has 0 aliphatic rings. The van der Waals surface area contributed by atoms with Gasteiger partial charge in [-0.1, -0.05) is 51.7 Å². The molecule has 2 aromatic carbocycles. The summed E-state index contributed by atoms with van der Waals surface area (Å²) in [6, 6.07) is 5.37. The van der Waals surface area contributed by atoms with Crippen LogP contribution in [0.25, 0.3) is 0 Å². The van der Waals surface area contributed by atoms with E-state index in [4.69, 9.17) is 4.74 Å². The average Bonchev–Trinajstić information content (AvgIpc) is 2.66. The first-order valence-electron chi connectivity index (χ1n) is 9.61. The predicted molar refractivity (Wildman–Crippen MR) is 99.2 cm³/mol. The highest BCUT2D eigenvalue weighted by atomic mass is 19.2. The molecule has 0 fully saturated rings. The summed E-state index contributed by atoms with van der Waals surface area (Å²) in [5.74, 6) is -5.28. The number of ether oxygens (including phenoxy) is 1. The fraction of sp³-hybridized carbons (Fsp3) is 0.455. The summed E-state index contributed by atoms with van der Waals surface area (Å²) >= 11 is 0. The molecule has 0 aliphatic carbocycles. The third-order valence-corrected chi connectivity index (χ3v) is 4.57. The van der Waals surface area contributed by atoms with E-state index in [1.807, 2.05) is 13.8 Å². The van der Waals surface area contributed by atoms with Crippen molar-refractivity contribution in [3.63, 3.8) is 0 Å². The summed E-state index contributed by atoms with van der Waals surface area (Å²) in [6.07, 6.45) is 6.16. The Morgan fingerprint density at radius 3 is 1.37 bits per heavy atom. The zero-order chi connectivity index (χ0) is 19.8. The van der Waals surface area contributed by atoms with E-state index in [9.17, 15) is 17.6 Å². The van der Waals surface area contributed by atoms with Gasteiger partial charge in [-0.3, -0.25) is 0 Å². The van der Waals surface area contributed by atoms with Crippen LogP contribution in [0.1, 0.15) is 63.5 Å². The molecular formula is C22H26F4O. The summed E-state index contributed by atoms with van der Waals surface area (Å²) in [5.41, 5.74) is 0.512. The topological polar surface area (TPSA) is 9.23 Å². The van der Waals surface area contributed by atoms with Gasteiger partial charge in [-0.25, -0.2) is 8.78 Å². The lowest BCUT2D eigenvalue weighted by atomic mass is 10.1. The minimum absolute atomic E-state index is 0.256. The van der Waals surface area contributed by atoms with Crippen LogP contribution in [0, 0.1) is 23.3 Å². The van der Waals surface area contributed by atoms with Crippen LogP contribution in [0.3, 0.4) is 0 Å². The summed E-state index contributed by atoms with van der Waals surface area (Å²) in [7, 11) is 0. The standard InChI is InChI=1S/C22H26F4O/c1-3-5-7-9-15-11-13-17(21(25)19(15)23)27-18-14-12-16(10-8-6-4-2)20(24)22(18)26/h11-14H,3-10H2,1-2H3. The van der Waals surface area contributed by atoms with Gasteiger partial charge in [0, 0.05) is 0 Å². The molecule has 2 rings (SSSR count). The zero-order valence-corrected chi connectivity index (χ0v) is 15.9. The number of rotatable bonds is 10. The van der Waals surface area contributed by atoms with Crippen molar-refractivity contribution in [3.8, 4) is 11.5 Å². The van der Waals surface area contributed by atoms with E-state index in [2.05, 4.69) is 0 Å². The minimum atomic E-state index is -1.18. The van der Waals surface area contributed by atoms with Crippen molar-refractivity contribution in [2.75, 3.05) is 0 Å². The van der Waals surface area contributed by atoms with Gasteiger partial charge in [0.15, 0.2) is 23.1 Å². The Balaban J connectivity index is 2.17. The van der Waals surface area contributed by atoms with Crippen LogP contribution in [0.15, 0.2) is 24.3 Å². The average molecular weight is 382 g/mol. The number of unbranched alkanes of at least 4 members (excludes halogenated alkanes) is 4. The molecule has 0 saturated carbocycles. The normalized spacial score (nSPS) is 11.0. The van der Waals surface area contributed by atoms with E-state index in [0.29, 0.717) is 12.8 Å². The van der Waals surface area contributed by atoms with Crippen LogP contribution in [0.5, 0.6) is 11.5 Å². The van der Waals surface area contributed by atoms with Crippen molar-refractivity contribution in [1.82, 2.24) is 0 Å². The molecule has 0 bridgehead atoms. The van der Waals surface area contributed by atoms with Gasteiger partial charge in [0.2, 0.25) is 11.6 Å². The number of hydrogen-bond donors (Lipinski definition) is 0. The smallest absolute Gasteiger partial charge is 0.201 e. The molecule has 0 heterocycles. The number of aryl methyl sites for hydroxylation is 2. The summed E-state index contributed by atoms with van der Waals surface area (Å²) in [4.78, 5) is 0. The first kappa shape index (κ1) is 21.3. The van der Waals surface area contributed by atoms with Crippen molar-refractivity contribution in [2.24, 2.45) is 0 Å².